The minimum absolute atomic E-state index is 0.273. The number of nitrogens with zero attached hydrogens (tertiary/aromatic N) is 4. The van der Waals surface area contributed by atoms with Gasteiger partial charge >= 0.3 is 0 Å². The summed E-state index contributed by atoms with van der Waals surface area (Å²) in [6.07, 6.45) is 4.95. The number of allylic oxidation sites excluding steroid dienone is 2. The highest BCUT2D eigenvalue weighted by molar-refractivity contribution is 6.23. The molecule has 160 valence electrons. The minimum Gasteiger partial charge on any atom is -0.454 e. The van der Waals surface area contributed by atoms with Gasteiger partial charge in [-0.2, -0.15) is 16.8 Å². The summed E-state index contributed by atoms with van der Waals surface area (Å²) < 4.78 is 12.4. The number of rotatable bonds is 4. The lowest BCUT2D eigenvalue weighted by Crippen LogP contribution is -2.20. The van der Waals surface area contributed by atoms with Crippen molar-refractivity contribution in [2.45, 2.75) is 0 Å². The summed E-state index contributed by atoms with van der Waals surface area (Å²) in [6, 6.07) is 27.1. The van der Waals surface area contributed by atoms with E-state index in [1.807, 2.05) is 91.1 Å². The van der Waals surface area contributed by atoms with E-state index >= 15 is 0 Å². The fourth-order valence-electron chi connectivity index (χ4n) is 3.78. The van der Waals surface area contributed by atoms with E-state index in [2.05, 4.69) is 15.0 Å². The molecule has 0 bridgehead atoms. The maximum absolute atomic E-state index is 9.29. The number of hydrogen-bond acceptors (Lipinski definition) is 5. The van der Waals surface area contributed by atoms with Crippen LogP contribution in [0.5, 0.6) is 11.5 Å². The maximum Gasteiger partial charge on any atom is 0.206 e. The normalized spacial score (nSPS) is 15.5. The van der Waals surface area contributed by atoms with Crippen LogP contribution in [-0.4, -0.2) is 11.4 Å². The van der Waals surface area contributed by atoms with Gasteiger partial charge in [-0.3, -0.25) is 0 Å². The average Bonchev–Trinajstić information content (AvgIpc) is 2.87. The highest BCUT2D eigenvalue weighted by Crippen LogP contribution is 2.31. The third-order valence-electron chi connectivity index (χ3n) is 5.31. The smallest absolute Gasteiger partial charge is 0.206 e. The van der Waals surface area contributed by atoms with Gasteiger partial charge in [0, 0.05) is 22.9 Å². The number of hydrogen-bond donors (Lipinski definition) is 0. The van der Waals surface area contributed by atoms with Crippen LogP contribution in [0.4, 0.5) is 0 Å². The Bertz CT molecular complexity index is 1500. The first-order valence-corrected chi connectivity index (χ1v) is 10.4. The zero-order chi connectivity index (χ0) is 23.3. The predicted octanol–water partition coefficient (Wildman–Crippen LogP) is 6.43. The Morgan fingerprint density at radius 1 is 0.676 bits per heavy atom. The van der Waals surface area contributed by atoms with E-state index in [9.17, 15) is 5.26 Å². The van der Waals surface area contributed by atoms with Crippen LogP contribution in [0.15, 0.2) is 119 Å². The van der Waals surface area contributed by atoms with E-state index in [1.54, 1.807) is 12.2 Å². The zero-order valence-corrected chi connectivity index (χ0v) is 17.8. The summed E-state index contributed by atoms with van der Waals surface area (Å²) in [7, 11) is 0. The van der Waals surface area contributed by atoms with Crippen LogP contribution in [0.3, 0.4) is 0 Å². The van der Waals surface area contributed by atoms with E-state index in [0.29, 0.717) is 23.0 Å². The number of fused-ring (bicyclic) bond motifs is 2. The zero-order valence-electron chi connectivity index (χ0n) is 17.8. The highest BCUT2D eigenvalue weighted by atomic mass is 16.5. The third kappa shape index (κ3) is 4.00. The van der Waals surface area contributed by atoms with Crippen LogP contribution in [0, 0.1) is 18.0 Å². The van der Waals surface area contributed by atoms with E-state index in [4.69, 9.17) is 16.0 Å². The van der Waals surface area contributed by atoms with Crippen molar-refractivity contribution in [1.82, 2.24) is 0 Å². The van der Waals surface area contributed by atoms with Crippen molar-refractivity contribution in [3.05, 3.63) is 120 Å². The van der Waals surface area contributed by atoms with Gasteiger partial charge in [-0.05, 0) is 22.9 Å². The van der Waals surface area contributed by atoms with Crippen molar-refractivity contribution in [2.75, 3.05) is 0 Å². The monoisotopic (exact) mass is 440 g/mol. The molecular formula is C28H16N4O2. The fraction of sp³-hybridized carbons (Fsp3) is 0. The average molecular weight is 440 g/mol. The van der Waals surface area contributed by atoms with Crippen molar-refractivity contribution in [3.63, 3.8) is 0 Å². The van der Waals surface area contributed by atoms with Crippen molar-refractivity contribution < 1.29 is 9.47 Å². The molecule has 5 rings (SSSR count). The molecule has 0 unspecified atom stereocenters. The number of benzene rings is 4. The molecule has 0 aromatic heterocycles. The molecule has 4 aromatic carbocycles. The first kappa shape index (κ1) is 20.7. The lowest BCUT2D eigenvalue weighted by Gasteiger charge is -2.18. The summed E-state index contributed by atoms with van der Waals surface area (Å²) in [5.74, 6) is 1.80. The van der Waals surface area contributed by atoms with Gasteiger partial charge in [0.25, 0.3) is 0 Å². The number of ether oxygens (including phenoxy) is 2. The second kappa shape index (κ2) is 9.12. The molecular weight excluding hydrogens is 424 g/mol. The molecule has 0 heterocycles. The molecule has 34 heavy (non-hydrogen) atoms. The van der Waals surface area contributed by atoms with Gasteiger partial charge in [-0.25, -0.2) is 0 Å². The SMILES string of the molecule is [C-]#[N+]N=C1C=C(Oc2cccc3ccccc23)C(=NC#N)C=C1Oc1cccc2ccccc12. The standard InChI is InChI=1S/C28H16N4O2/c1-30-32-24-17-27(33-25-14-6-10-19-8-2-4-12-21(19)25)23(31-18-29)16-28(24)34-26-15-7-11-20-9-3-5-13-22(20)26/h2-17H. The Morgan fingerprint density at radius 3 is 1.74 bits per heavy atom. The molecule has 0 spiro atoms. The molecule has 6 nitrogen and oxygen atoms in total. The summed E-state index contributed by atoms with van der Waals surface area (Å²) in [5.41, 5.74) is 0.546. The van der Waals surface area contributed by atoms with Gasteiger partial charge < -0.3 is 9.47 Å². The van der Waals surface area contributed by atoms with Crippen LogP contribution in [0.25, 0.3) is 26.5 Å². The molecule has 0 N–H and O–H groups in total. The molecule has 6 heteroatoms. The van der Waals surface area contributed by atoms with Gasteiger partial charge in [0.2, 0.25) is 6.19 Å². The summed E-state index contributed by atoms with van der Waals surface area (Å²) in [6.45, 7) is 7.27. The molecule has 4 aromatic rings. The summed E-state index contributed by atoms with van der Waals surface area (Å²) >= 11 is 0. The van der Waals surface area contributed by atoms with Crippen molar-refractivity contribution >= 4 is 33.0 Å². The molecule has 0 saturated carbocycles. The van der Waals surface area contributed by atoms with Gasteiger partial charge in [0.05, 0.1) is 5.10 Å². The largest absolute Gasteiger partial charge is 0.454 e. The van der Waals surface area contributed by atoms with Gasteiger partial charge in [-0.1, -0.05) is 72.8 Å². The maximum atomic E-state index is 9.29. The third-order valence-corrected chi connectivity index (χ3v) is 5.31. The molecule has 0 aliphatic heterocycles. The second-order valence-corrected chi connectivity index (χ2v) is 7.36. The van der Waals surface area contributed by atoms with Gasteiger partial charge in [0.15, 0.2) is 17.2 Å². The van der Waals surface area contributed by atoms with Crippen LogP contribution in [-0.2, 0) is 0 Å². The van der Waals surface area contributed by atoms with E-state index in [1.165, 1.54) is 0 Å². The molecule has 0 amide bonds. The summed E-state index contributed by atoms with van der Waals surface area (Å²) in [4.78, 5) is 7.12. The molecule has 1 aliphatic carbocycles. The quantitative estimate of drug-likeness (QED) is 0.159. The Kier molecular flexibility index (Phi) is 5.55. The van der Waals surface area contributed by atoms with Crippen molar-refractivity contribution in [1.29, 1.82) is 5.26 Å². The summed E-state index contributed by atoms with van der Waals surface area (Å²) in [5, 5.41) is 17.1. The fourth-order valence-corrected chi connectivity index (χ4v) is 3.78. The van der Waals surface area contributed by atoms with Crippen LogP contribution in [0.2, 0.25) is 0 Å². The van der Waals surface area contributed by atoms with Crippen LogP contribution >= 0.6 is 0 Å². The predicted molar refractivity (Wildman–Crippen MR) is 132 cm³/mol. The molecule has 0 fully saturated rings. The van der Waals surface area contributed by atoms with E-state index < -0.39 is 0 Å². The van der Waals surface area contributed by atoms with Gasteiger partial charge in [-0.15, -0.1) is 4.95 Å². The Balaban J connectivity index is 1.55. The highest BCUT2D eigenvalue weighted by Gasteiger charge is 2.24. The number of nitriles is 1. The number of aliphatic imine (C=N–C) groups is 1. The van der Waals surface area contributed by atoms with Crippen molar-refractivity contribution in [3.8, 4) is 17.7 Å². The molecule has 0 radical (unpaired) electrons. The van der Waals surface area contributed by atoms with E-state index in [0.717, 1.165) is 21.5 Å². The molecule has 1 aliphatic rings. The lowest BCUT2D eigenvalue weighted by atomic mass is 10.1. The first-order chi connectivity index (χ1) is 16.8. The first-order valence-electron chi connectivity index (χ1n) is 10.4. The Labute approximate surface area is 195 Å². The Morgan fingerprint density at radius 2 is 1.18 bits per heavy atom. The second-order valence-electron chi connectivity index (χ2n) is 7.36. The molecule has 0 saturated heterocycles. The van der Waals surface area contributed by atoms with Crippen LogP contribution in [0.1, 0.15) is 0 Å². The topological polar surface area (TPSA) is 71.3 Å². The van der Waals surface area contributed by atoms with Crippen LogP contribution < -0.4 is 9.47 Å². The lowest BCUT2D eigenvalue weighted by molar-refractivity contribution is 0.447. The minimum atomic E-state index is 0.273. The van der Waals surface area contributed by atoms with Crippen molar-refractivity contribution in [2.24, 2.45) is 10.1 Å². The van der Waals surface area contributed by atoms with Gasteiger partial charge in [0.1, 0.15) is 17.2 Å². The molecule has 0 atom stereocenters. The Hall–Kier alpha value is -5.20. The van der Waals surface area contributed by atoms with E-state index in [-0.39, 0.29) is 11.4 Å².